The van der Waals surface area contributed by atoms with E-state index in [9.17, 15) is 0 Å². The van der Waals surface area contributed by atoms with E-state index in [2.05, 4.69) is 25.5 Å². The highest BCUT2D eigenvalue weighted by Gasteiger charge is 2.17. The Hall–Kier alpha value is -1.75. The molecule has 0 aliphatic carbocycles. The summed E-state index contributed by atoms with van der Waals surface area (Å²) in [6.45, 7) is 2.21. The Balaban J connectivity index is 1.74. The molecule has 1 fully saturated rings. The van der Waals surface area contributed by atoms with Crippen LogP contribution >= 0.6 is 0 Å². The molecule has 0 bridgehead atoms. The first-order chi connectivity index (χ1) is 8.42. The Kier molecular flexibility index (Phi) is 2.83. The summed E-state index contributed by atoms with van der Waals surface area (Å²) in [6.07, 6.45) is 5.72. The van der Waals surface area contributed by atoms with E-state index in [0.29, 0.717) is 5.92 Å². The predicted molar refractivity (Wildman–Crippen MR) is 64.3 cm³/mol. The van der Waals surface area contributed by atoms with Crippen molar-refractivity contribution in [3.8, 4) is 11.4 Å². The van der Waals surface area contributed by atoms with Crippen LogP contribution in [0.15, 0.2) is 24.5 Å². The molecule has 3 heterocycles. The molecule has 3 rings (SSSR count). The number of hydrogen-bond donors (Lipinski definition) is 2. The third kappa shape index (κ3) is 2.34. The minimum absolute atomic E-state index is 0.688. The van der Waals surface area contributed by atoms with Gasteiger partial charge < -0.3 is 5.32 Å². The third-order valence-electron chi connectivity index (χ3n) is 3.11. The van der Waals surface area contributed by atoms with Crippen molar-refractivity contribution in [1.82, 2.24) is 25.5 Å². The molecule has 5 heteroatoms. The van der Waals surface area contributed by atoms with Gasteiger partial charge in [0.05, 0.1) is 0 Å². The van der Waals surface area contributed by atoms with Gasteiger partial charge in [-0.1, -0.05) is 0 Å². The lowest BCUT2D eigenvalue weighted by Crippen LogP contribution is -2.11. The standard InChI is InChI=1S/C12H15N5/c1-4-14-8-9(1)7-11-15-12(17-16-11)10-2-5-13-6-3-10/h2-3,5-6,9,14H,1,4,7-8H2,(H,15,16,17)/t9-/m1/s1. The van der Waals surface area contributed by atoms with Crippen LogP contribution in [-0.2, 0) is 6.42 Å². The van der Waals surface area contributed by atoms with E-state index in [1.165, 1.54) is 6.42 Å². The van der Waals surface area contributed by atoms with Crippen LogP contribution in [0.5, 0.6) is 0 Å². The molecule has 0 spiro atoms. The quantitative estimate of drug-likeness (QED) is 0.824. The van der Waals surface area contributed by atoms with Gasteiger partial charge in [-0.25, -0.2) is 4.98 Å². The van der Waals surface area contributed by atoms with Crippen molar-refractivity contribution in [2.24, 2.45) is 5.92 Å². The van der Waals surface area contributed by atoms with Gasteiger partial charge in [-0.3, -0.25) is 10.1 Å². The summed E-state index contributed by atoms with van der Waals surface area (Å²) in [4.78, 5) is 8.51. The molecule has 0 amide bonds. The van der Waals surface area contributed by atoms with Crippen molar-refractivity contribution < 1.29 is 0 Å². The van der Waals surface area contributed by atoms with Crippen molar-refractivity contribution in [1.29, 1.82) is 0 Å². The van der Waals surface area contributed by atoms with Crippen LogP contribution in [0, 0.1) is 5.92 Å². The Morgan fingerprint density at radius 1 is 1.29 bits per heavy atom. The Morgan fingerprint density at radius 2 is 2.18 bits per heavy atom. The Bertz CT molecular complexity index is 473. The molecule has 88 valence electrons. The SMILES string of the molecule is c1cc(-c2n[nH]c(C[C@H]3CCNC3)n2)ccn1. The van der Waals surface area contributed by atoms with E-state index in [0.717, 1.165) is 36.7 Å². The molecular formula is C12H15N5. The van der Waals surface area contributed by atoms with Gasteiger partial charge in [0.15, 0.2) is 5.82 Å². The number of aromatic amines is 1. The lowest BCUT2D eigenvalue weighted by molar-refractivity contribution is 0.563. The van der Waals surface area contributed by atoms with Gasteiger partial charge in [0.25, 0.3) is 0 Å². The van der Waals surface area contributed by atoms with Gasteiger partial charge in [0.2, 0.25) is 0 Å². The number of pyridine rings is 1. The summed E-state index contributed by atoms with van der Waals surface area (Å²) in [6, 6.07) is 3.84. The first kappa shape index (κ1) is 10.4. The molecule has 2 N–H and O–H groups in total. The molecule has 1 aliphatic rings. The highest BCUT2D eigenvalue weighted by Crippen LogP contribution is 2.16. The second kappa shape index (κ2) is 4.63. The third-order valence-corrected chi connectivity index (χ3v) is 3.11. The highest BCUT2D eigenvalue weighted by molar-refractivity contribution is 5.52. The largest absolute Gasteiger partial charge is 0.316 e. The summed E-state index contributed by atoms with van der Waals surface area (Å²) in [7, 11) is 0. The molecule has 0 aromatic carbocycles. The number of nitrogens with one attached hydrogen (secondary N) is 2. The Labute approximate surface area is 99.7 Å². The number of hydrogen-bond acceptors (Lipinski definition) is 4. The van der Waals surface area contributed by atoms with Gasteiger partial charge >= 0.3 is 0 Å². The molecule has 5 nitrogen and oxygen atoms in total. The molecule has 2 aromatic heterocycles. The molecule has 1 atom stereocenters. The smallest absolute Gasteiger partial charge is 0.181 e. The Morgan fingerprint density at radius 3 is 2.94 bits per heavy atom. The molecule has 2 aromatic rings. The summed E-state index contributed by atoms with van der Waals surface area (Å²) in [5, 5.41) is 10.6. The zero-order chi connectivity index (χ0) is 11.5. The maximum atomic E-state index is 4.52. The maximum absolute atomic E-state index is 4.52. The first-order valence-electron chi connectivity index (χ1n) is 5.94. The van der Waals surface area contributed by atoms with Gasteiger partial charge in [-0.05, 0) is 37.6 Å². The molecular weight excluding hydrogens is 214 g/mol. The monoisotopic (exact) mass is 229 g/mol. The van der Waals surface area contributed by atoms with Crippen molar-refractivity contribution in [2.75, 3.05) is 13.1 Å². The van der Waals surface area contributed by atoms with E-state index < -0.39 is 0 Å². The van der Waals surface area contributed by atoms with Crippen LogP contribution < -0.4 is 5.32 Å². The minimum atomic E-state index is 0.688. The molecule has 0 radical (unpaired) electrons. The van der Waals surface area contributed by atoms with E-state index >= 15 is 0 Å². The summed E-state index contributed by atoms with van der Waals surface area (Å²) in [5.41, 5.74) is 1.01. The summed E-state index contributed by atoms with van der Waals surface area (Å²) >= 11 is 0. The maximum Gasteiger partial charge on any atom is 0.181 e. The van der Waals surface area contributed by atoms with Gasteiger partial charge in [0.1, 0.15) is 5.82 Å². The lowest BCUT2D eigenvalue weighted by atomic mass is 10.1. The molecule has 17 heavy (non-hydrogen) atoms. The van der Waals surface area contributed by atoms with Gasteiger partial charge in [0, 0.05) is 24.4 Å². The lowest BCUT2D eigenvalue weighted by Gasteiger charge is -2.03. The molecule has 0 unspecified atom stereocenters. The summed E-state index contributed by atoms with van der Waals surface area (Å²) in [5.74, 6) is 2.42. The van der Waals surface area contributed by atoms with Crippen molar-refractivity contribution in [3.05, 3.63) is 30.4 Å². The van der Waals surface area contributed by atoms with Crippen molar-refractivity contribution in [2.45, 2.75) is 12.8 Å². The predicted octanol–water partition coefficient (Wildman–Crippen LogP) is 1.02. The van der Waals surface area contributed by atoms with E-state index in [4.69, 9.17) is 0 Å². The summed E-state index contributed by atoms with van der Waals surface area (Å²) < 4.78 is 0. The fourth-order valence-electron chi connectivity index (χ4n) is 2.18. The number of aromatic nitrogens is 4. The molecule has 0 saturated carbocycles. The molecule has 1 saturated heterocycles. The van der Waals surface area contributed by atoms with Gasteiger partial charge in [-0.15, -0.1) is 0 Å². The zero-order valence-corrected chi connectivity index (χ0v) is 9.56. The van der Waals surface area contributed by atoms with E-state index in [1.54, 1.807) is 12.4 Å². The first-order valence-corrected chi connectivity index (χ1v) is 5.94. The average molecular weight is 229 g/mol. The fourth-order valence-corrected chi connectivity index (χ4v) is 2.18. The van der Waals surface area contributed by atoms with Crippen LogP contribution in [0.25, 0.3) is 11.4 Å². The second-order valence-electron chi connectivity index (χ2n) is 4.40. The van der Waals surface area contributed by atoms with Gasteiger partial charge in [-0.2, -0.15) is 5.10 Å². The average Bonchev–Trinajstić information content (AvgIpc) is 3.02. The molecule has 1 aliphatic heterocycles. The number of H-pyrrole nitrogens is 1. The van der Waals surface area contributed by atoms with E-state index in [1.807, 2.05) is 12.1 Å². The number of rotatable bonds is 3. The number of nitrogens with zero attached hydrogens (tertiary/aromatic N) is 3. The topological polar surface area (TPSA) is 66.5 Å². The van der Waals surface area contributed by atoms with Crippen molar-refractivity contribution in [3.63, 3.8) is 0 Å². The van der Waals surface area contributed by atoms with E-state index in [-0.39, 0.29) is 0 Å². The van der Waals surface area contributed by atoms with Crippen molar-refractivity contribution >= 4 is 0 Å². The second-order valence-corrected chi connectivity index (χ2v) is 4.40. The van der Waals surface area contributed by atoms with Crippen LogP contribution in [0.4, 0.5) is 0 Å². The fraction of sp³-hybridized carbons (Fsp3) is 0.417. The highest BCUT2D eigenvalue weighted by atomic mass is 15.2. The minimum Gasteiger partial charge on any atom is -0.316 e. The van der Waals surface area contributed by atoms with Crippen LogP contribution in [-0.4, -0.2) is 33.3 Å². The normalized spacial score (nSPS) is 19.6. The zero-order valence-electron chi connectivity index (χ0n) is 9.56. The van der Waals surface area contributed by atoms with Crippen LogP contribution in [0.1, 0.15) is 12.2 Å². The van der Waals surface area contributed by atoms with Crippen LogP contribution in [0.2, 0.25) is 0 Å². The van der Waals surface area contributed by atoms with Crippen LogP contribution in [0.3, 0.4) is 0 Å².